The quantitative estimate of drug-likeness (QED) is 0.500. The summed E-state index contributed by atoms with van der Waals surface area (Å²) in [6.45, 7) is 1.65. The molecule has 1 heterocycles. The molecule has 0 bridgehead atoms. The van der Waals surface area contributed by atoms with Crippen molar-refractivity contribution in [3.05, 3.63) is 34.8 Å². The van der Waals surface area contributed by atoms with Crippen LogP contribution < -0.4 is 10.6 Å². The topological polar surface area (TPSA) is 46.5 Å². The number of para-hydroxylation sites is 1. The highest BCUT2D eigenvalue weighted by Crippen LogP contribution is 1.97. The summed E-state index contributed by atoms with van der Waals surface area (Å²) >= 11 is 0. The van der Waals surface area contributed by atoms with E-state index in [1.54, 1.807) is 25.1 Å². The highest BCUT2D eigenvalue weighted by molar-refractivity contribution is 6.51. The van der Waals surface area contributed by atoms with E-state index in [1.165, 1.54) is 0 Å². The van der Waals surface area contributed by atoms with Gasteiger partial charge < -0.3 is 0 Å². The number of benzene rings is 1. The summed E-state index contributed by atoms with van der Waals surface area (Å²) in [6, 6.07) is 7.13. The maximum atomic E-state index is 11.2. The minimum absolute atomic E-state index is 0.482. The van der Waals surface area contributed by atoms with Crippen molar-refractivity contribution in [3.8, 4) is 0 Å². The van der Waals surface area contributed by atoms with Crippen LogP contribution in [0.1, 0.15) is 6.92 Å². The fourth-order valence-electron chi connectivity index (χ4n) is 1.33. The summed E-state index contributed by atoms with van der Waals surface area (Å²) in [7, 11) is 0. The van der Waals surface area contributed by atoms with Crippen molar-refractivity contribution in [2.45, 2.75) is 6.92 Å². The summed E-state index contributed by atoms with van der Waals surface area (Å²) in [5, 5.41) is 1.34. The molecule has 0 N–H and O–H groups in total. The Morgan fingerprint density at radius 3 is 2.62 bits per heavy atom. The van der Waals surface area contributed by atoms with Gasteiger partial charge in [-0.1, -0.05) is 18.2 Å². The molecule has 0 aliphatic carbocycles. The molecule has 13 heavy (non-hydrogen) atoms. The number of ketones is 1. The summed E-state index contributed by atoms with van der Waals surface area (Å²) in [6.07, 6.45) is 0. The van der Waals surface area contributed by atoms with E-state index in [9.17, 15) is 9.59 Å². The average molecular weight is 173 g/mol. The van der Waals surface area contributed by atoms with Crippen LogP contribution >= 0.6 is 0 Å². The predicted molar refractivity (Wildman–Crippen MR) is 46.3 cm³/mol. The van der Waals surface area contributed by atoms with Crippen molar-refractivity contribution >= 4 is 17.3 Å². The molecule has 0 radical (unpaired) electrons. The van der Waals surface area contributed by atoms with Crippen LogP contribution in [0, 0.1) is 0 Å². The molecule has 1 aliphatic heterocycles. The molecule has 0 atom stereocenters. The van der Waals surface area contributed by atoms with Crippen LogP contribution in [-0.4, -0.2) is 11.7 Å². The zero-order chi connectivity index (χ0) is 9.42. The Hall–Kier alpha value is -1.77. The highest BCUT2D eigenvalue weighted by Gasteiger charge is 2.18. The summed E-state index contributed by atoms with van der Waals surface area (Å²) in [5.41, 5.74) is 0.482. The van der Waals surface area contributed by atoms with Crippen molar-refractivity contribution in [1.29, 1.82) is 0 Å². The Morgan fingerprint density at radius 1 is 1.15 bits per heavy atom. The second-order valence-corrected chi connectivity index (χ2v) is 2.89. The maximum absolute atomic E-state index is 11.2. The van der Waals surface area contributed by atoms with Gasteiger partial charge in [0.2, 0.25) is 5.78 Å². The Balaban J connectivity index is 2.97. The van der Waals surface area contributed by atoms with E-state index in [-0.39, 0.29) is 0 Å². The number of carbonyl (C=O) groups excluding carboxylic acids is 2. The van der Waals surface area contributed by atoms with Gasteiger partial charge in [-0.25, -0.2) is 4.99 Å². The van der Waals surface area contributed by atoms with Gasteiger partial charge in [0.15, 0.2) is 0 Å². The highest BCUT2D eigenvalue weighted by atomic mass is 16.2. The van der Waals surface area contributed by atoms with Gasteiger partial charge in [-0.15, -0.1) is 0 Å². The molecule has 0 aromatic heterocycles. The molecule has 1 aromatic carbocycles. The van der Waals surface area contributed by atoms with Gasteiger partial charge in [-0.2, -0.15) is 0 Å². The minimum Gasteiger partial charge on any atom is -0.283 e. The third kappa shape index (κ3) is 1.09. The number of fused-ring (bicyclic) bond motifs is 1. The number of hydrogen-bond donors (Lipinski definition) is 0. The monoisotopic (exact) mass is 173 g/mol. The molecule has 0 saturated carbocycles. The number of rotatable bonds is 0. The molecule has 3 nitrogen and oxygen atoms in total. The van der Waals surface area contributed by atoms with Gasteiger partial charge in [-0.3, -0.25) is 9.59 Å². The largest absolute Gasteiger partial charge is 0.318 e. The lowest BCUT2D eigenvalue weighted by Crippen LogP contribution is -2.36. The van der Waals surface area contributed by atoms with Gasteiger partial charge in [0, 0.05) is 10.8 Å². The van der Waals surface area contributed by atoms with Gasteiger partial charge in [0.1, 0.15) is 0 Å². The first kappa shape index (κ1) is 7.86. The Bertz CT molecular complexity index is 514. The van der Waals surface area contributed by atoms with Crippen molar-refractivity contribution in [2.75, 3.05) is 0 Å². The fourth-order valence-corrected chi connectivity index (χ4v) is 1.33. The summed E-state index contributed by atoms with van der Waals surface area (Å²) in [4.78, 5) is 25.9. The first-order valence-electron chi connectivity index (χ1n) is 3.93. The van der Waals surface area contributed by atoms with Gasteiger partial charge in [0.05, 0.1) is 5.36 Å². The molecule has 0 unspecified atom stereocenters. The normalized spacial score (nSPS) is 15.3. The predicted octanol–water partition coefficient (Wildman–Crippen LogP) is -0.414. The number of nitrogens with zero attached hydrogens (tertiary/aromatic N) is 1. The smallest absolute Gasteiger partial charge is 0.283 e. The number of carbonyl (C=O) groups is 2. The van der Waals surface area contributed by atoms with Crippen LogP contribution in [0.4, 0.5) is 0 Å². The first-order valence-corrected chi connectivity index (χ1v) is 3.93. The van der Waals surface area contributed by atoms with Crippen molar-refractivity contribution in [3.63, 3.8) is 0 Å². The number of Topliss-reactive ketones (excluding diaryl/α,β-unsaturated/α-hetero) is 1. The van der Waals surface area contributed by atoms with Crippen LogP contribution in [0.3, 0.4) is 0 Å². The van der Waals surface area contributed by atoms with E-state index in [1.807, 2.05) is 6.07 Å². The van der Waals surface area contributed by atoms with E-state index in [0.717, 1.165) is 5.22 Å². The molecule has 1 aromatic rings. The molecular weight excluding hydrogens is 166 g/mol. The maximum Gasteiger partial charge on any atom is 0.318 e. The average Bonchev–Trinajstić information content (AvgIpc) is 2.15. The Labute approximate surface area is 74.4 Å². The standard InChI is InChI=1S/C10H7NO2/c1-6-7-4-2-3-5-8(7)11-10(13)9(6)12/h2-5H,1H3. The van der Waals surface area contributed by atoms with Crippen LogP contribution in [0.2, 0.25) is 0 Å². The van der Waals surface area contributed by atoms with E-state index < -0.39 is 11.7 Å². The third-order valence-corrected chi connectivity index (χ3v) is 2.06. The van der Waals surface area contributed by atoms with Gasteiger partial charge in [-0.05, 0) is 13.0 Å². The van der Waals surface area contributed by atoms with E-state index in [0.29, 0.717) is 10.9 Å². The molecular formula is C10H7NO2. The van der Waals surface area contributed by atoms with Crippen LogP contribution in [0.5, 0.6) is 0 Å². The van der Waals surface area contributed by atoms with Crippen molar-refractivity contribution < 1.29 is 9.59 Å². The van der Waals surface area contributed by atoms with Gasteiger partial charge in [0.25, 0.3) is 0 Å². The van der Waals surface area contributed by atoms with E-state index in [4.69, 9.17) is 0 Å². The lowest BCUT2D eigenvalue weighted by atomic mass is 10.1. The number of hydrogen-bond acceptors (Lipinski definition) is 2. The van der Waals surface area contributed by atoms with E-state index >= 15 is 0 Å². The van der Waals surface area contributed by atoms with Crippen molar-refractivity contribution in [2.24, 2.45) is 4.99 Å². The second kappa shape index (κ2) is 2.62. The third-order valence-electron chi connectivity index (χ3n) is 2.06. The molecule has 0 fully saturated rings. The molecule has 1 amide bonds. The molecule has 1 aliphatic rings. The SMILES string of the molecule is CC1=c2ccccc2=NC(=O)C1=O. The van der Waals surface area contributed by atoms with Crippen LogP contribution in [0.15, 0.2) is 29.3 Å². The number of amides is 1. The molecule has 2 rings (SSSR count). The van der Waals surface area contributed by atoms with Crippen molar-refractivity contribution in [1.82, 2.24) is 0 Å². The Morgan fingerprint density at radius 2 is 1.85 bits per heavy atom. The summed E-state index contributed by atoms with van der Waals surface area (Å²) < 4.78 is 0. The zero-order valence-corrected chi connectivity index (χ0v) is 7.07. The zero-order valence-electron chi connectivity index (χ0n) is 7.07. The fraction of sp³-hybridized carbons (Fsp3) is 0.100. The molecule has 0 saturated heterocycles. The molecule has 3 heteroatoms. The van der Waals surface area contributed by atoms with Gasteiger partial charge >= 0.3 is 5.91 Å². The lowest BCUT2D eigenvalue weighted by Gasteiger charge is -2.02. The molecule has 0 spiro atoms. The lowest BCUT2D eigenvalue weighted by molar-refractivity contribution is -0.132. The Kier molecular flexibility index (Phi) is 1.59. The van der Waals surface area contributed by atoms with E-state index in [2.05, 4.69) is 4.99 Å². The summed E-state index contributed by atoms with van der Waals surface area (Å²) in [5.74, 6) is -1.17. The minimum atomic E-state index is -0.670. The van der Waals surface area contributed by atoms with Crippen LogP contribution in [0.25, 0.3) is 5.57 Å². The van der Waals surface area contributed by atoms with Crippen LogP contribution in [-0.2, 0) is 9.59 Å². The first-order chi connectivity index (χ1) is 6.20. The second-order valence-electron chi connectivity index (χ2n) is 2.89. The molecule has 64 valence electrons.